The van der Waals surface area contributed by atoms with Crippen LogP contribution in [-0.4, -0.2) is 70.1 Å². The highest BCUT2D eigenvalue weighted by Crippen LogP contribution is 2.35. The van der Waals surface area contributed by atoms with E-state index >= 15 is 0 Å². The van der Waals surface area contributed by atoms with Crippen LogP contribution in [0.4, 0.5) is 20.6 Å². The van der Waals surface area contributed by atoms with Crippen LogP contribution in [0.5, 0.6) is 5.75 Å². The summed E-state index contributed by atoms with van der Waals surface area (Å²) < 4.78 is 29.4. The Kier molecular flexibility index (Phi) is 7.31. The molecule has 4 rings (SSSR count). The highest BCUT2D eigenvalue weighted by molar-refractivity contribution is 7.18. The van der Waals surface area contributed by atoms with E-state index in [0.717, 1.165) is 11.3 Å². The molecule has 176 valence electrons. The molecule has 3 amide bonds. The first-order valence-electron chi connectivity index (χ1n) is 10.2. The normalized spacial score (nSPS) is 18.4. The second-order valence-corrected chi connectivity index (χ2v) is 8.93. The summed E-state index contributed by atoms with van der Waals surface area (Å²) in [7, 11) is 0. The molecular formula is C21H21ClFN3O6S. The number of rotatable bonds is 8. The van der Waals surface area contributed by atoms with Crippen molar-refractivity contribution in [1.82, 2.24) is 5.32 Å². The number of hydrogen-bond donors (Lipinski definition) is 1. The molecule has 2 saturated heterocycles. The van der Waals surface area contributed by atoms with Gasteiger partial charge in [0.15, 0.2) is 0 Å². The highest BCUT2D eigenvalue weighted by atomic mass is 35.5. The van der Waals surface area contributed by atoms with Gasteiger partial charge in [0, 0.05) is 18.3 Å². The molecule has 12 heteroatoms. The molecule has 0 spiro atoms. The second kappa shape index (κ2) is 10.4. The van der Waals surface area contributed by atoms with Crippen molar-refractivity contribution in [3.63, 3.8) is 0 Å². The number of alkyl halides is 1. The van der Waals surface area contributed by atoms with E-state index in [4.69, 9.17) is 25.8 Å². The fraction of sp³-hybridized carbons (Fsp3) is 0.381. The van der Waals surface area contributed by atoms with Crippen LogP contribution in [0.1, 0.15) is 9.67 Å². The Hall–Kier alpha value is -2.89. The Morgan fingerprint density at radius 1 is 1.27 bits per heavy atom. The van der Waals surface area contributed by atoms with Gasteiger partial charge in [-0.15, -0.1) is 11.3 Å². The molecule has 2 aliphatic rings. The number of nitrogens with one attached hydrogen (secondary N) is 1. The quantitative estimate of drug-likeness (QED) is 0.602. The van der Waals surface area contributed by atoms with Crippen LogP contribution in [0.2, 0.25) is 4.34 Å². The number of amides is 3. The summed E-state index contributed by atoms with van der Waals surface area (Å²) in [5.41, 5.74) is 0.948. The Balaban J connectivity index is 1.46. The molecule has 1 atom stereocenters. The second-order valence-electron chi connectivity index (χ2n) is 7.22. The fourth-order valence-electron chi connectivity index (χ4n) is 3.50. The largest absolute Gasteiger partial charge is 0.489 e. The minimum atomic E-state index is -0.716. The molecule has 0 saturated carbocycles. The maximum absolute atomic E-state index is 12.8. The maximum Gasteiger partial charge on any atom is 0.414 e. The van der Waals surface area contributed by atoms with Crippen molar-refractivity contribution in [1.29, 1.82) is 0 Å². The average molecular weight is 498 g/mol. The number of carbonyl (C=O) groups is 3. The number of carbonyl (C=O) groups excluding carboxylic acids is 3. The summed E-state index contributed by atoms with van der Waals surface area (Å²) in [5, 5.41) is 2.72. The van der Waals surface area contributed by atoms with Crippen LogP contribution in [0.3, 0.4) is 0 Å². The van der Waals surface area contributed by atoms with Gasteiger partial charge in [0.05, 0.1) is 34.6 Å². The van der Waals surface area contributed by atoms with E-state index in [9.17, 15) is 18.8 Å². The van der Waals surface area contributed by atoms with E-state index in [1.807, 2.05) is 0 Å². The number of thiophene rings is 1. The van der Waals surface area contributed by atoms with E-state index in [1.165, 1.54) is 4.90 Å². The standard InChI is InChI=1S/C21H21ClFN3O6S/c22-18-4-3-17(33-18)20(28)24-10-14-11-26(21(29)32-14)15-2-1-13(9-16(15)31-7-5-23)25-6-8-30-12-19(25)27/h1-4,9,14H,5-8,10-12H2,(H,24,28)/t14-/m0/s1. The molecule has 0 aliphatic carbocycles. The first-order chi connectivity index (χ1) is 16.0. The molecule has 0 radical (unpaired) electrons. The molecule has 3 heterocycles. The third-order valence-corrected chi connectivity index (χ3v) is 6.26. The molecule has 2 aromatic rings. The summed E-state index contributed by atoms with van der Waals surface area (Å²) in [5.74, 6) is -0.263. The number of morpholine rings is 1. The van der Waals surface area contributed by atoms with Gasteiger partial charge in [-0.2, -0.15) is 0 Å². The van der Waals surface area contributed by atoms with Crippen LogP contribution in [-0.2, 0) is 14.3 Å². The zero-order chi connectivity index (χ0) is 23.4. The van der Waals surface area contributed by atoms with Crippen LogP contribution >= 0.6 is 22.9 Å². The van der Waals surface area contributed by atoms with E-state index < -0.39 is 18.9 Å². The predicted octanol–water partition coefficient (Wildman–Crippen LogP) is 2.87. The summed E-state index contributed by atoms with van der Waals surface area (Å²) in [4.78, 5) is 40.3. The molecule has 1 aromatic heterocycles. The lowest BCUT2D eigenvalue weighted by atomic mass is 10.2. The van der Waals surface area contributed by atoms with Crippen molar-refractivity contribution in [2.24, 2.45) is 0 Å². The van der Waals surface area contributed by atoms with Crippen molar-refractivity contribution in [3.05, 3.63) is 39.5 Å². The molecule has 0 unspecified atom stereocenters. The van der Waals surface area contributed by atoms with E-state index in [0.29, 0.717) is 33.7 Å². The van der Waals surface area contributed by atoms with E-state index in [1.54, 1.807) is 35.2 Å². The van der Waals surface area contributed by atoms with Gasteiger partial charge >= 0.3 is 6.09 Å². The zero-order valence-electron chi connectivity index (χ0n) is 17.4. The number of hydrogen-bond acceptors (Lipinski definition) is 7. The SMILES string of the molecule is O=C(NC[C@H]1CN(c2ccc(N3CCOCC3=O)cc2OCCF)C(=O)O1)c1ccc(Cl)s1. The number of cyclic esters (lactones) is 1. The lowest BCUT2D eigenvalue weighted by Gasteiger charge is -2.28. The lowest BCUT2D eigenvalue weighted by molar-refractivity contribution is -0.125. The third kappa shape index (κ3) is 5.37. The van der Waals surface area contributed by atoms with Gasteiger partial charge in [0.2, 0.25) is 0 Å². The Morgan fingerprint density at radius 3 is 2.85 bits per heavy atom. The molecule has 0 bridgehead atoms. The number of nitrogens with zero attached hydrogens (tertiary/aromatic N) is 2. The number of anilines is 2. The van der Waals surface area contributed by atoms with Gasteiger partial charge in [0.1, 0.15) is 31.7 Å². The lowest BCUT2D eigenvalue weighted by Crippen LogP contribution is -2.41. The first-order valence-corrected chi connectivity index (χ1v) is 11.4. The van der Waals surface area contributed by atoms with Crippen molar-refractivity contribution in [3.8, 4) is 5.75 Å². The molecular weight excluding hydrogens is 477 g/mol. The average Bonchev–Trinajstić information content (AvgIpc) is 3.41. The fourth-order valence-corrected chi connectivity index (χ4v) is 4.46. The topological polar surface area (TPSA) is 97.4 Å². The van der Waals surface area contributed by atoms with Crippen molar-refractivity contribution >= 4 is 52.2 Å². The predicted molar refractivity (Wildman–Crippen MR) is 120 cm³/mol. The van der Waals surface area contributed by atoms with Crippen molar-refractivity contribution in [2.75, 3.05) is 55.9 Å². The molecule has 2 fully saturated rings. The van der Waals surface area contributed by atoms with Gasteiger partial charge in [-0.1, -0.05) is 11.6 Å². The molecule has 1 N–H and O–H groups in total. The van der Waals surface area contributed by atoms with Gasteiger partial charge in [0.25, 0.3) is 11.8 Å². The third-order valence-electron chi connectivity index (χ3n) is 5.03. The van der Waals surface area contributed by atoms with Gasteiger partial charge < -0.3 is 24.4 Å². The van der Waals surface area contributed by atoms with Crippen LogP contribution in [0, 0.1) is 0 Å². The summed E-state index contributed by atoms with van der Waals surface area (Å²) in [6.07, 6.45) is -1.21. The zero-order valence-corrected chi connectivity index (χ0v) is 19.0. The number of ether oxygens (including phenoxy) is 3. The smallest absolute Gasteiger partial charge is 0.414 e. The Bertz CT molecular complexity index is 1050. The highest BCUT2D eigenvalue weighted by Gasteiger charge is 2.35. The number of benzene rings is 1. The van der Waals surface area contributed by atoms with Gasteiger partial charge in [-0.05, 0) is 24.3 Å². The summed E-state index contributed by atoms with van der Waals surface area (Å²) in [6, 6.07) is 8.15. The molecule has 2 aliphatic heterocycles. The van der Waals surface area contributed by atoms with Crippen LogP contribution in [0.15, 0.2) is 30.3 Å². The minimum Gasteiger partial charge on any atom is -0.489 e. The number of halogens is 2. The van der Waals surface area contributed by atoms with E-state index in [-0.39, 0.29) is 43.9 Å². The Labute approximate surface area is 197 Å². The summed E-state index contributed by atoms with van der Waals surface area (Å²) in [6.45, 7) is 0.0996. The minimum absolute atomic E-state index is 0.0219. The van der Waals surface area contributed by atoms with E-state index in [2.05, 4.69) is 5.32 Å². The Morgan fingerprint density at radius 2 is 2.12 bits per heavy atom. The first kappa shape index (κ1) is 23.3. The maximum atomic E-state index is 12.8. The van der Waals surface area contributed by atoms with Crippen LogP contribution < -0.4 is 19.9 Å². The van der Waals surface area contributed by atoms with Crippen molar-refractivity contribution in [2.45, 2.75) is 6.10 Å². The summed E-state index contributed by atoms with van der Waals surface area (Å²) >= 11 is 7.01. The van der Waals surface area contributed by atoms with Gasteiger partial charge in [-0.3, -0.25) is 14.5 Å². The molecule has 1 aromatic carbocycles. The monoisotopic (exact) mass is 497 g/mol. The molecule has 9 nitrogen and oxygen atoms in total. The van der Waals surface area contributed by atoms with Crippen LogP contribution in [0.25, 0.3) is 0 Å². The molecule has 33 heavy (non-hydrogen) atoms. The van der Waals surface area contributed by atoms with Crippen molar-refractivity contribution < 1.29 is 33.0 Å². The van der Waals surface area contributed by atoms with Gasteiger partial charge in [-0.25, -0.2) is 9.18 Å².